The van der Waals surface area contributed by atoms with Crippen molar-refractivity contribution in [2.45, 2.75) is 0 Å². The molecule has 0 amide bonds. The number of aromatic nitrogens is 1. The average Bonchev–Trinajstić information content (AvgIpc) is 2.53. The summed E-state index contributed by atoms with van der Waals surface area (Å²) in [5, 5.41) is 0. The smallest absolute Gasteiger partial charge is 0.356 e. The maximum absolute atomic E-state index is 11.4. The Labute approximate surface area is 117 Å². The van der Waals surface area contributed by atoms with Crippen LogP contribution in [0.15, 0.2) is 36.5 Å². The molecule has 0 saturated carbocycles. The summed E-state index contributed by atoms with van der Waals surface area (Å²) < 4.78 is 15.1. The van der Waals surface area contributed by atoms with Crippen LogP contribution in [0.25, 0.3) is 11.1 Å². The lowest BCUT2D eigenvalue weighted by Crippen LogP contribution is -2.03. The van der Waals surface area contributed by atoms with E-state index in [1.807, 2.05) is 18.2 Å². The Hall–Kier alpha value is -2.56. The first-order valence-corrected chi connectivity index (χ1v) is 5.96. The number of hydrogen-bond donors (Lipinski definition) is 0. The molecule has 1 aromatic carbocycles. The van der Waals surface area contributed by atoms with Gasteiger partial charge in [-0.2, -0.15) is 0 Å². The molecule has 0 bridgehead atoms. The molecular formula is C15H15NO4. The lowest BCUT2D eigenvalue weighted by atomic mass is 10.1. The molecule has 20 heavy (non-hydrogen) atoms. The monoisotopic (exact) mass is 273 g/mol. The van der Waals surface area contributed by atoms with Gasteiger partial charge in [-0.15, -0.1) is 0 Å². The van der Waals surface area contributed by atoms with Gasteiger partial charge in [-0.1, -0.05) is 6.07 Å². The summed E-state index contributed by atoms with van der Waals surface area (Å²) in [5.41, 5.74) is 1.93. The van der Waals surface area contributed by atoms with Crippen LogP contribution < -0.4 is 9.47 Å². The third-order valence-corrected chi connectivity index (χ3v) is 2.88. The SMILES string of the molecule is COC(=O)c1ccc(-c2cc(OC)ccc2OC)cn1. The van der Waals surface area contributed by atoms with E-state index in [0.717, 1.165) is 16.9 Å². The normalized spacial score (nSPS) is 9.95. The Morgan fingerprint density at radius 2 is 1.85 bits per heavy atom. The highest BCUT2D eigenvalue weighted by atomic mass is 16.5. The van der Waals surface area contributed by atoms with E-state index in [1.165, 1.54) is 7.11 Å². The van der Waals surface area contributed by atoms with E-state index < -0.39 is 5.97 Å². The number of esters is 1. The number of benzene rings is 1. The van der Waals surface area contributed by atoms with Crippen molar-refractivity contribution < 1.29 is 19.0 Å². The second kappa shape index (κ2) is 6.06. The standard InChI is InChI=1S/C15H15NO4/c1-18-11-5-7-14(19-2)12(8-11)10-4-6-13(16-9-10)15(17)20-3/h4-9H,1-3H3. The first-order valence-electron chi connectivity index (χ1n) is 5.96. The molecule has 0 fully saturated rings. The number of carbonyl (C=O) groups is 1. The van der Waals surface area contributed by atoms with Crippen molar-refractivity contribution in [1.29, 1.82) is 0 Å². The fraction of sp³-hybridized carbons (Fsp3) is 0.200. The van der Waals surface area contributed by atoms with Crippen molar-refractivity contribution in [2.75, 3.05) is 21.3 Å². The first kappa shape index (κ1) is 13.9. The Kier molecular flexibility index (Phi) is 4.20. The number of carbonyl (C=O) groups excluding carboxylic acids is 1. The van der Waals surface area contributed by atoms with Crippen molar-refractivity contribution in [3.8, 4) is 22.6 Å². The third-order valence-electron chi connectivity index (χ3n) is 2.88. The number of nitrogens with zero attached hydrogens (tertiary/aromatic N) is 1. The molecule has 0 aliphatic rings. The van der Waals surface area contributed by atoms with E-state index in [9.17, 15) is 4.79 Å². The van der Waals surface area contributed by atoms with Crippen molar-refractivity contribution in [2.24, 2.45) is 0 Å². The van der Waals surface area contributed by atoms with Gasteiger partial charge in [0.25, 0.3) is 0 Å². The van der Waals surface area contributed by atoms with Gasteiger partial charge in [-0.05, 0) is 24.3 Å². The summed E-state index contributed by atoms with van der Waals surface area (Å²) >= 11 is 0. The van der Waals surface area contributed by atoms with Crippen molar-refractivity contribution in [3.63, 3.8) is 0 Å². The van der Waals surface area contributed by atoms with Gasteiger partial charge in [-0.3, -0.25) is 0 Å². The van der Waals surface area contributed by atoms with Crippen LogP contribution in [0.4, 0.5) is 0 Å². The molecule has 5 heteroatoms. The van der Waals surface area contributed by atoms with Gasteiger partial charge in [0.15, 0.2) is 0 Å². The lowest BCUT2D eigenvalue weighted by molar-refractivity contribution is 0.0594. The predicted molar refractivity (Wildman–Crippen MR) is 74.1 cm³/mol. The van der Waals surface area contributed by atoms with E-state index in [2.05, 4.69) is 9.72 Å². The Balaban J connectivity index is 2.42. The topological polar surface area (TPSA) is 57.7 Å². The fourth-order valence-corrected chi connectivity index (χ4v) is 1.82. The summed E-state index contributed by atoms with van der Waals surface area (Å²) in [5.74, 6) is 0.963. The number of pyridine rings is 1. The minimum Gasteiger partial charge on any atom is -0.497 e. The lowest BCUT2D eigenvalue weighted by Gasteiger charge is -2.10. The van der Waals surface area contributed by atoms with Gasteiger partial charge in [0.2, 0.25) is 0 Å². The maximum Gasteiger partial charge on any atom is 0.356 e. The van der Waals surface area contributed by atoms with Gasteiger partial charge in [0, 0.05) is 17.3 Å². The van der Waals surface area contributed by atoms with E-state index in [0.29, 0.717) is 5.75 Å². The highest BCUT2D eigenvalue weighted by molar-refractivity contribution is 5.87. The first-order chi connectivity index (χ1) is 9.69. The summed E-state index contributed by atoms with van der Waals surface area (Å²) in [6, 6.07) is 8.89. The van der Waals surface area contributed by atoms with Gasteiger partial charge in [0.05, 0.1) is 21.3 Å². The minimum atomic E-state index is -0.464. The largest absolute Gasteiger partial charge is 0.497 e. The molecule has 0 aliphatic carbocycles. The van der Waals surface area contributed by atoms with Crippen LogP contribution in [0.2, 0.25) is 0 Å². The second-order valence-electron chi connectivity index (χ2n) is 3.99. The van der Waals surface area contributed by atoms with E-state index in [4.69, 9.17) is 9.47 Å². The van der Waals surface area contributed by atoms with Gasteiger partial charge >= 0.3 is 5.97 Å². The molecule has 104 valence electrons. The molecule has 2 rings (SSSR count). The number of hydrogen-bond acceptors (Lipinski definition) is 5. The Morgan fingerprint density at radius 1 is 1.05 bits per heavy atom. The van der Waals surface area contributed by atoms with Crippen molar-refractivity contribution in [1.82, 2.24) is 4.98 Å². The van der Waals surface area contributed by atoms with E-state index >= 15 is 0 Å². The zero-order valence-electron chi connectivity index (χ0n) is 11.5. The zero-order valence-corrected chi connectivity index (χ0v) is 11.5. The molecule has 1 aromatic heterocycles. The number of methoxy groups -OCH3 is 3. The molecule has 0 spiro atoms. The fourth-order valence-electron chi connectivity index (χ4n) is 1.82. The number of rotatable bonds is 4. The molecule has 0 saturated heterocycles. The molecule has 0 radical (unpaired) electrons. The Bertz CT molecular complexity index is 608. The van der Waals surface area contributed by atoms with Crippen LogP contribution in [0, 0.1) is 0 Å². The quantitative estimate of drug-likeness (QED) is 0.801. The van der Waals surface area contributed by atoms with E-state index in [1.54, 1.807) is 32.5 Å². The molecule has 5 nitrogen and oxygen atoms in total. The highest BCUT2D eigenvalue weighted by Crippen LogP contribution is 2.32. The summed E-state index contributed by atoms with van der Waals surface area (Å²) in [4.78, 5) is 15.4. The second-order valence-corrected chi connectivity index (χ2v) is 3.99. The highest BCUT2D eigenvalue weighted by Gasteiger charge is 2.11. The van der Waals surface area contributed by atoms with Crippen molar-refractivity contribution >= 4 is 5.97 Å². The molecular weight excluding hydrogens is 258 g/mol. The van der Waals surface area contributed by atoms with Crippen molar-refractivity contribution in [3.05, 3.63) is 42.2 Å². The molecule has 0 atom stereocenters. The molecule has 1 heterocycles. The molecule has 2 aromatic rings. The zero-order chi connectivity index (χ0) is 14.5. The number of ether oxygens (including phenoxy) is 3. The van der Waals surface area contributed by atoms with Crippen LogP contribution in [-0.2, 0) is 4.74 Å². The maximum atomic E-state index is 11.4. The van der Waals surface area contributed by atoms with Gasteiger partial charge in [-0.25, -0.2) is 9.78 Å². The summed E-state index contributed by atoms with van der Waals surface area (Å²) in [7, 11) is 4.52. The van der Waals surface area contributed by atoms with E-state index in [-0.39, 0.29) is 5.69 Å². The van der Waals surface area contributed by atoms with Crippen LogP contribution in [0.5, 0.6) is 11.5 Å². The molecule has 0 N–H and O–H groups in total. The van der Waals surface area contributed by atoms with Gasteiger partial charge < -0.3 is 14.2 Å². The molecule has 0 aliphatic heterocycles. The predicted octanol–water partition coefficient (Wildman–Crippen LogP) is 2.55. The third kappa shape index (κ3) is 2.71. The Morgan fingerprint density at radius 3 is 2.40 bits per heavy atom. The average molecular weight is 273 g/mol. The summed E-state index contributed by atoms with van der Waals surface area (Å²) in [6.45, 7) is 0. The van der Waals surface area contributed by atoms with Crippen LogP contribution in [0.1, 0.15) is 10.5 Å². The van der Waals surface area contributed by atoms with Crippen LogP contribution in [0.3, 0.4) is 0 Å². The van der Waals surface area contributed by atoms with Crippen LogP contribution in [-0.4, -0.2) is 32.3 Å². The minimum absolute atomic E-state index is 0.262. The summed E-state index contributed by atoms with van der Waals surface area (Å²) in [6.07, 6.45) is 1.60. The van der Waals surface area contributed by atoms with Gasteiger partial charge in [0.1, 0.15) is 17.2 Å². The van der Waals surface area contributed by atoms with Crippen LogP contribution >= 0.6 is 0 Å². The molecule has 0 unspecified atom stereocenters.